The van der Waals surface area contributed by atoms with Crippen molar-refractivity contribution in [2.75, 3.05) is 6.54 Å². The molecule has 146 valence electrons. The Balaban J connectivity index is 1.45. The second-order valence-corrected chi connectivity index (χ2v) is 8.00. The van der Waals surface area contributed by atoms with Gasteiger partial charge in [-0.2, -0.15) is 0 Å². The lowest BCUT2D eigenvalue weighted by atomic mass is 10.0. The lowest BCUT2D eigenvalue weighted by molar-refractivity contribution is -0.135. The molecule has 1 amide bonds. The maximum absolute atomic E-state index is 14.1. The van der Waals surface area contributed by atoms with Gasteiger partial charge in [0.25, 0.3) is 0 Å². The Labute approximate surface area is 172 Å². The molecule has 2 aromatic rings. The standard InChI is InChI=1S/C21H19Cl2FN2O2/c22-17-8-7-14(9-18(17)23)20-10-16(28-25-20)12-26(21(27)13-5-6-13)11-15-3-1-2-4-19(15)24/h1-4,7-9,13,16H,5-6,10-12H2/t16-/m1/s1. The number of carbonyl (C=O) groups excluding carboxylic acids is 1. The molecule has 4 rings (SSSR count). The van der Waals surface area contributed by atoms with Crippen molar-refractivity contribution >= 4 is 34.8 Å². The highest BCUT2D eigenvalue weighted by atomic mass is 35.5. The molecule has 4 nitrogen and oxygen atoms in total. The average molecular weight is 421 g/mol. The summed E-state index contributed by atoms with van der Waals surface area (Å²) in [7, 11) is 0. The van der Waals surface area contributed by atoms with Gasteiger partial charge in [-0.1, -0.05) is 52.6 Å². The molecule has 2 aromatic carbocycles. The predicted octanol–water partition coefficient (Wildman–Crippen LogP) is 5.06. The molecule has 0 saturated heterocycles. The van der Waals surface area contributed by atoms with Gasteiger partial charge < -0.3 is 9.74 Å². The van der Waals surface area contributed by atoms with Gasteiger partial charge in [-0.3, -0.25) is 4.79 Å². The lowest BCUT2D eigenvalue weighted by Gasteiger charge is -2.25. The summed E-state index contributed by atoms with van der Waals surface area (Å²) in [6, 6.07) is 11.8. The summed E-state index contributed by atoms with van der Waals surface area (Å²) in [5.41, 5.74) is 2.10. The third-order valence-corrected chi connectivity index (χ3v) is 5.71. The van der Waals surface area contributed by atoms with Crippen LogP contribution in [0.2, 0.25) is 10.0 Å². The van der Waals surface area contributed by atoms with Crippen molar-refractivity contribution in [3.63, 3.8) is 0 Å². The van der Waals surface area contributed by atoms with Gasteiger partial charge in [0.15, 0.2) is 6.10 Å². The summed E-state index contributed by atoms with van der Waals surface area (Å²) in [4.78, 5) is 20.0. The van der Waals surface area contributed by atoms with E-state index in [2.05, 4.69) is 5.16 Å². The molecule has 2 aliphatic rings. The molecule has 28 heavy (non-hydrogen) atoms. The Morgan fingerprint density at radius 3 is 2.68 bits per heavy atom. The molecule has 7 heteroatoms. The van der Waals surface area contributed by atoms with Crippen LogP contribution in [0.4, 0.5) is 4.39 Å². The molecule has 1 aliphatic heterocycles. The summed E-state index contributed by atoms with van der Waals surface area (Å²) in [6.07, 6.45) is 2.05. The monoisotopic (exact) mass is 420 g/mol. The van der Waals surface area contributed by atoms with Crippen LogP contribution in [-0.2, 0) is 16.2 Å². The molecule has 0 spiro atoms. The van der Waals surface area contributed by atoms with E-state index in [1.807, 2.05) is 6.07 Å². The van der Waals surface area contributed by atoms with Crippen molar-refractivity contribution in [2.45, 2.75) is 31.9 Å². The van der Waals surface area contributed by atoms with Gasteiger partial charge >= 0.3 is 0 Å². The second kappa shape index (κ2) is 8.10. The number of hydrogen-bond acceptors (Lipinski definition) is 3. The van der Waals surface area contributed by atoms with E-state index in [4.69, 9.17) is 28.0 Å². The van der Waals surface area contributed by atoms with Crippen LogP contribution in [-0.4, -0.2) is 29.2 Å². The summed E-state index contributed by atoms with van der Waals surface area (Å²) >= 11 is 12.1. The Kier molecular flexibility index (Phi) is 5.56. The molecule has 0 radical (unpaired) electrons. The molecule has 1 atom stereocenters. The first kappa shape index (κ1) is 19.2. The minimum atomic E-state index is -0.309. The van der Waals surface area contributed by atoms with E-state index in [0.29, 0.717) is 28.6 Å². The van der Waals surface area contributed by atoms with Crippen LogP contribution in [0.25, 0.3) is 0 Å². The van der Waals surface area contributed by atoms with Gasteiger partial charge in [0, 0.05) is 30.0 Å². The number of oxime groups is 1. The van der Waals surface area contributed by atoms with E-state index in [-0.39, 0.29) is 30.3 Å². The van der Waals surface area contributed by atoms with Crippen molar-refractivity contribution in [3.8, 4) is 0 Å². The molecular formula is C21H19Cl2FN2O2. The van der Waals surface area contributed by atoms with E-state index in [9.17, 15) is 9.18 Å². The number of amides is 1. The number of benzene rings is 2. The summed E-state index contributed by atoms with van der Waals surface area (Å²) in [6.45, 7) is 0.585. The molecule has 1 heterocycles. The molecule has 1 aliphatic carbocycles. The van der Waals surface area contributed by atoms with Gasteiger partial charge in [-0.15, -0.1) is 0 Å². The smallest absolute Gasteiger partial charge is 0.226 e. The summed E-state index contributed by atoms with van der Waals surface area (Å²) in [5.74, 6) is -0.213. The van der Waals surface area contributed by atoms with Crippen molar-refractivity contribution in [1.29, 1.82) is 0 Å². The van der Waals surface area contributed by atoms with Crippen LogP contribution >= 0.6 is 23.2 Å². The first-order chi connectivity index (χ1) is 13.5. The molecule has 1 fully saturated rings. The highest BCUT2D eigenvalue weighted by molar-refractivity contribution is 6.42. The maximum atomic E-state index is 14.1. The van der Waals surface area contributed by atoms with Gasteiger partial charge in [0.2, 0.25) is 5.91 Å². The Morgan fingerprint density at radius 1 is 1.18 bits per heavy atom. The first-order valence-corrected chi connectivity index (χ1v) is 9.97. The molecule has 0 N–H and O–H groups in total. The SMILES string of the molecule is O=C(C1CC1)N(Cc1ccccc1F)C[C@H]1CC(c2ccc(Cl)c(Cl)c2)=NO1. The minimum absolute atomic E-state index is 0.0450. The Bertz CT molecular complexity index is 930. The van der Waals surface area contributed by atoms with Gasteiger partial charge in [-0.25, -0.2) is 4.39 Å². The molecular weight excluding hydrogens is 402 g/mol. The molecule has 0 aromatic heterocycles. The number of hydrogen-bond donors (Lipinski definition) is 0. The quantitative estimate of drug-likeness (QED) is 0.654. The van der Waals surface area contributed by atoms with Crippen LogP contribution in [0.3, 0.4) is 0 Å². The van der Waals surface area contributed by atoms with Gasteiger partial charge in [0.1, 0.15) is 5.82 Å². The van der Waals surface area contributed by atoms with Crippen molar-refractivity contribution < 1.29 is 14.0 Å². The van der Waals surface area contributed by atoms with Crippen LogP contribution in [0, 0.1) is 11.7 Å². The fourth-order valence-electron chi connectivity index (χ4n) is 3.27. The van der Waals surface area contributed by atoms with Gasteiger partial charge in [0.05, 0.1) is 22.3 Å². The van der Waals surface area contributed by atoms with E-state index in [1.165, 1.54) is 6.07 Å². The van der Waals surface area contributed by atoms with Crippen LogP contribution in [0.5, 0.6) is 0 Å². The zero-order valence-corrected chi connectivity index (χ0v) is 16.6. The highest BCUT2D eigenvalue weighted by Crippen LogP contribution is 2.32. The van der Waals surface area contributed by atoms with Crippen LogP contribution in [0.15, 0.2) is 47.6 Å². The lowest BCUT2D eigenvalue weighted by Crippen LogP contribution is -2.38. The van der Waals surface area contributed by atoms with E-state index >= 15 is 0 Å². The first-order valence-electron chi connectivity index (χ1n) is 9.21. The third kappa shape index (κ3) is 4.31. The number of nitrogens with zero attached hydrogens (tertiary/aromatic N) is 2. The van der Waals surface area contributed by atoms with E-state index in [1.54, 1.807) is 35.2 Å². The number of carbonyl (C=O) groups is 1. The fourth-order valence-corrected chi connectivity index (χ4v) is 3.57. The second-order valence-electron chi connectivity index (χ2n) is 7.18. The van der Waals surface area contributed by atoms with E-state index < -0.39 is 0 Å². The Hall–Kier alpha value is -2.11. The van der Waals surface area contributed by atoms with E-state index in [0.717, 1.165) is 24.1 Å². The van der Waals surface area contributed by atoms with Crippen molar-refractivity contribution in [2.24, 2.45) is 11.1 Å². The summed E-state index contributed by atoms with van der Waals surface area (Å²) in [5, 5.41) is 5.09. The molecule has 1 saturated carbocycles. The Morgan fingerprint density at radius 2 is 1.96 bits per heavy atom. The maximum Gasteiger partial charge on any atom is 0.226 e. The summed E-state index contributed by atoms with van der Waals surface area (Å²) < 4.78 is 14.1. The van der Waals surface area contributed by atoms with Crippen LogP contribution in [0.1, 0.15) is 30.4 Å². The molecule has 0 bridgehead atoms. The van der Waals surface area contributed by atoms with Crippen molar-refractivity contribution in [1.82, 2.24) is 4.90 Å². The average Bonchev–Trinajstić information content (AvgIpc) is 3.43. The number of halogens is 3. The zero-order valence-electron chi connectivity index (χ0n) is 15.1. The largest absolute Gasteiger partial charge is 0.390 e. The predicted molar refractivity (Wildman–Crippen MR) is 107 cm³/mol. The zero-order chi connectivity index (χ0) is 19.7. The minimum Gasteiger partial charge on any atom is -0.390 e. The topological polar surface area (TPSA) is 41.9 Å². The third-order valence-electron chi connectivity index (χ3n) is 4.97. The normalized spacial score (nSPS) is 18.5. The van der Waals surface area contributed by atoms with Crippen molar-refractivity contribution in [3.05, 3.63) is 69.5 Å². The van der Waals surface area contributed by atoms with Crippen LogP contribution < -0.4 is 0 Å². The highest BCUT2D eigenvalue weighted by Gasteiger charge is 2.36. The van der Waals surface area contributed by atoms with Gasteiger partial charge in [-0.05, 0) is 31.0 Å². The fraction of sp³-hybridized carbons (Fsp3) is 0.333. The number of rotatable bonds is 6. The molecule has 0 unspecified atom stereocenters.